The third-order valence-electron chi connectivity index (χ3n) is 9.48. The maximum Gasteiger partial charge on any atom is 0.318 e. The van der Waals surface area contributed by atoms with E-state index in [2.05, 4.69) is 4.90 Å². The number of benzene rings is 2. The Morgan fingerprint density at radius 1 is 1.19 bits per heavy atom. The quantitative estimate of drug-likeness (QED) is 0.451. The fourth-order valence-electron chi connectivity index (χ4n) is 7.53. The summed E-state index contributed by atoms with van der Waals surface area (Å²) >= 11 is 0. The smallest absolute Gasteiger partial charge is 0.318 e. The van der Waals surface area contributed by atoms with E-state index in [-0.39, 0.29) is 48.2 Å². The van der Waals surface area contributed by atoms with Gasteiger partial charge in [-0.2, -0.15) is 9.97 Å². The number of hydrogen-bond acceptors (Lipinski definition) is 8. The Kier molecular flexibility index (Phi) is 6.69. The van der Waals surface area contributed by atoms with Crippen LogP contribution in [0.25, 0.3) is 10.8 Å². The molecule has 3 N–H and O–H groups in total. The van der Waals surface area contributed by atoms with Gasteiger partial charge in [0.25, 0.3) is 5.91 Å². The average Bonchev–Trinajstić information content (AvgIpc) is 3.60. The first-order valence-electron chi connectivity index (χ1n) is 15.0. The van der Waals surface area contributed by atoms with Gasteiger partial charge >= 0.3 is 6.01 Å². The first kappa shape index (κ1) is 27.3. The van der Waals surface area contributed by atoms with Gasteiger partial charge in [-0.1, -0.05) is 13.0 Å². The van der Waals surface area contributed by atoms with Gasteiger partial charge in [-0.05, 0) is 61.7 Å². The fraction of sp³-hybridized carbons (Fsp3) is 0.516. The summed E-state index contributed by atoms with van der Waals surface area (Å²) in [6.07, 6.45) is 3.58. The van der Waals surface area contributed by atoms with Gasteiger partial charge in [-0.3, -0.25) is 9.69 Å². The van der Waals surface area contributed by atoms with E-state index in [0.717, 1.165) is 32.2 Å². The third-order valence-corrected chi connectivity index (χ3v) is 9.48. The number of phenolic OH excluding ortho intramolecular Hbond substituents is 1. The number of piperidine rings is 1. The minimum Gasteiger partial charge on any atom is -0.508 e. The van der Waals surface area contributed by atoms with Gasteiger partial charge in [-0.25, -0.2) is 8.78 Å². The number of hydrogen-bond donors (Lipinski definition) is 2. The summed E-state index contributed by atoms with van der Waals surface area (Å²) in [6, 6.07) is 6.18. The second-order valence-corrected chi connectivity index (χ2v) is 12.2. The molecule has 0 spiro atoms. The van der Waals surface area contributed by atoms with Crippen molar-refractivity contribution in [2.75, 3.05) is 42.6 Å². The van der Waals surface area contributed by atoms with Gasteiger partial charge < -0.3 is 25.4 Å². The maximum absolute atomic E-state index is 14.9. The van der Waals surface area contributed by atoms with Crippen LogP contribution in [0.4, 0.5) is 20.3 Å². The molecule has 4 aliphatic heterocycles. The summed E-state index contributed by atoms with van der Waals surface area (Å²) in [6.45, 7) is 4.76. The number of aromatic nitrogens is 2. The molecule has 3 unspecified atom stereocenters. The molecule has 1 aromatic heterocycles. The molecule has 9 nitrogen and oxygen atoms in total. The van der Waals surface area contributed by atoms with Crippen molar-refractivity contribution < 1.29 is 23.4 Å². The molecule has 0 saturated carbocycles. The number of rotatable bonds is 6. The summed E-state index contributed by atoms with van der Waals surface area (Å²) in [7, 11) is 0. The lowest BCUT2D eigenvalue weighted by molar-refractivity contribution is 0.0996. The van der Waals surface area contributed by atoms with Crippen molar-refractivity contribution in [2.24, 2.45) is 5.73 Å². The van der Waals surface area contributed by atoms with Crippen molar-refractivity contribution >= 4 is 28.2 Å². The van der Waals surface area contributed by atoms with Crippen LogP contribution in [-0.4, -0.2) is 76.4 Å². The Labute approximate surface area is 243 Å². The van der Waals surface area contributed by atoms with Crippen LogP contribution in [0.2, 0.25) is 0 Å². The molecule has 7 rings (SSSR count). The van der Waals surface area contributed by atoms with E-state index in [4.69, 9.17) is 20.4 Å². The number of aryl methyl sites for hydroxylation is 1. The van der Waals surface area contributed by atoms with Crippen LogP contribution in [0.1, 0.15) is 60.6 Å². The number of nitrogens with two attached hydrogens (primary N) is 1. The number of nitrogens with zero attached hydrogens (tertiary/aromatic N) is 5. The molecule has 3 fully saturated rings. The Balaban J connectivity index is 1.29. The Bertz CT molecular complexity index is 1570. The van der Waals surface area contributed by atoms with Crippen molar-refractivity contribution in [1.82, 2.24) is 14.9 Å². The van der Waals surface area contributed by atoms with Gasteiger partial charge in [0.1, 0.15) is 35.7 Å². The second-order valence-electron chi connectivity index (χ2n) is 12.2. The summed E-state index contributed by atoms with van der Waals surface area (Å²) in [5, 5.41) is 11.8. The molecule has 2 aromatic carbocycles. The predicted octanol–water partition coefficient (Wildman–Crippen LogP) is 4.08. The zero-order valence-corrected chi connectivity index (χ0v) is 23.8. The number of fused-ring (bicyclic) bond motifs is 3. The SMILES string of the molecule is CCc1c(F)ccc2cc(O)cc(N3Cc4nc(OCC56CCCN5CC(F)C6)nc(N5CCCC(N)C5)c4C3=O)c12. The van der Waals surface area contributed by atoms with Crippen molar-refractivity contribution in [2.45, 2.75) is 69.7 Å². The molecule has 11 heteroatoms. The number of phenols is 1. The number of amides is 1. The molecule has 4 aliphatic rings. The number of halogens is 2. The second kappa shape index (κ2) is 10.3. The van der Waals surface area contributed by atoms with Crippen LogP contribution < -0.4 is 20.3 Å². The number of ether oxygens (including phenoxy) is 1. The van der Waals surface area contributed by atoms with Crippen LogP contribution >= 0.6 is 0 Å². The van der Waals surface area contributed by atoms with E-state index < -0.39 is 6.17 Å². The zero-order chi connectivity index (χ0) is 29.2. The minimum atomic E-state index is -0.874. The van der Waals surface area contributed by atoms with Crippen LogP contribution in [0, 0.1) is 5.82 Å². The van der Waals surface area contributed by atoms with Crippen molar-refractivity contribution in [3.8, 4) is 11.8 Å². The standard InChI is InChI=1S/C31H36F2N6O3/c1-2-22-23(33)7-6-18-11-21(40)12-25(26(18)22)39-16-24-27(29(39)41)28(37-9-3-5-20(34)15-37)36-30(35-24)42-17-31-8-4-10-38(31)14-19(32)13-31/h6-7,11-12,19-20,40H,2-5,8-10,13-17,34H2,1H3. The summed E-state index contributed by atoms with van der Waals surface area (Å²) in [4.78, 5) is 29.4. The summed E-state index contributed by atoms with van der Waals surface area (Å²) in [5.41, 5.74) is 7.73. The highest BCUT2D eigenvalue weighted by molar-refractivity contribution is 6.16. The zero-order valence-electron chi connectivity index (χ0n) is 23.8. The number of aromatic hydroxyl groups is 1. The van der Waals surface area contributed by atoms with Crippen LogP contribution in [-0.2, 0) is 13.0 Å². The molecule has 3 aromatic rings. The maximum atomic E-state index is 14.9. The Morgan fingerprint density at radius 3 is 2.86 bits per heavy atom. The molecule has 5 heterocycles. The molecule has 0 radical (unpaired) electrons. The summed E-state index contributed by atoms with van der Waals surface area (Å²) < 4.78 is 35.5. The van der Waals surface area contributed by atoms with Crippen LogP contribution in [0.3, 0.4) is 0 Å². The summed E-state index contributed by atoms with van der Waals surface area (Å²) in [5.74, 6) is -0.224. The van der Waals surface area contributed by atoms with Gasteiger partial charge in [-0.15, -0.1) is 0 Å². The largest absolute Gasteiger partial charge is 0.508 e. The fourth-order valence-corrected chi connectivity index (χ4v) is 7.53. The third kappa shape index (κ3) is 4.44. The highest BCUT2D eigenvalue weighted by Gasteiger charge is 2.49. The van der Waals surface area contributed by atoms with E-state index in [1.54, 1.807) is 17.0 Å². The van der Waals surface area contributed by atoms with Crippen LogP contribution in [0.5, 0.6) is 11.8 Å². The highest BCUT2D eigenvalue weighted by Crippen LogP contribution is 2.43. The Hall–Kier alpha value is -3.57. The number of anilines is 2. The van der Waals surface area contributed by atoms with Gasteiger partial charge in [0.05, 0.1) is 23.5 Å². The molecule has 42 heavy (non-hydrogen) atoms. The van der Waals surface area contributed by atoms with Crippen molar-refractivity contribution in [3.63, 3.8) is 0 Å². The predicted molar refractivity (Wildman–Crippen MR) is 155 cm³/mol. The van der Waals surface area contributed by atoms with E-state index in [1.807, 2.05) is 11.8 Å². The lowest BCUT2D eigenvalue weighted by Gasteiger charge is -2.33. The Morgan fingerprint density at radius 2 is 2.05 bits per heavy atom. The average molecular weight is 579 g/mol. The molecule has 1 amide bonds. The molecule has 0 bridgehead atoms. The molecule has 3 saturated heterocycles. The van der Waals surface area contributed by atoms with E-state index in [0.29, 0.717) is 71.6 Å². The number of carbonyl (C=O) groups excluding carboxylic acids is 1. The van der Waals surface area contributed by atoms with E-state index >= 15 is 0 Å². The normalized spacial score (nSPS) is 25.9. The lowest BCUT2D eigenvalue weighted by Crippen LogP contribution is -2.44. The van der Waals surface area contributed by atoms with Gasteiger partial charge in [0.15, 0.2) is 0 Å². The number of carbonyl (C=O) groups is 1. The lowest BCUT2D eigenvalue weighted by atomic mass is 9.95. The van der Waals surface area contributed by atoms with E-state index in [9.17, 15) is 18.7 Å². The number of alkyl halides is 1. The topological polar surface area (TPSA) is 108 Å². The molecular weight excluding hydrogens is 542 g/mol. The van der Waals surface area contributed by atoms with Crippen molar-refractivity contribution in [3.05, 3.63) is 46.9 Å². The van der Waals surface area contributed by atoms with E-state index in [1.165, 1.54) is 12.1 Å². The van der Waals surface area contributed by atoms with Gasteiger partial charge in [0, 0.05) is 43.5 Å². The first-order valence-corrected chi connectivity index (χ1v) is 15.0. The van der Waals surface area contributed by atoms with Crippen LogP contribution in [0.15, 0.2) is 24.3 Å². The first-order chi connectivity index (χ1) is 20.3. The molecule has 0 aliphatic carbocycles. The minimum absolute atomic E-state index is 0.0182. The molecule has 3 atom stereocenters. The highest BCUT2D eigenvalue weighted by atomic mass is 19.1. The van der Waals surface area contributed by atoms with Crippen molar-refractivity contribution in [1.29, 1.82) is 0 Å². The molecule has 222 valence electrons. The monoisotopic (exact) mass is 578 g/mol. The van der Waals surface area contributed by atoms with Gasteiger partial charge in [0.2, 0.25) is 0 Å². The molecular formula is C31H36F2N6O3.